The first-order valence-corrected chi connectivity index (χ1v) is 5.88. The molecule has 5 nitrogen and oxygen atoms in total. The number of nitriles is 1. The van der Waals surface area contributed by atoms with E-state index in [4.69, 9.17) is 15.3 Å². The van der Waals surface area contributed by atoms with Gasteiger partial charge in [-0.25, -0.2) is 0 Å². The Labute approximate surface area is 116 Å². The Morgan fingerprint density at radius 3 is 2.60 bits per heavy atom. The number of benzene rings is 2. The molecule has 0 aromatic heterocycles. The number of nitrogens with zero attached hydrogens (tertiary/aromatic N) is 1. The van der Waals surface area contributed by atoms with Gasteiger partial charge in [0, 0.05) is 11.3 Å². The van der Waals surface area contributed by atoms with Gasteiger partial charge in [-0.15, -0.1) is 0 Å². The molecule has 2 aromatic carbocycles. The first kappa shape index (κ1) is 13.8. The first-order valence-electron chi connectivity index (χ1n) is 5.88. The fourth-order valence-electron chi connectivity index (χ4n) is 1.71. The third-order valence-electron chi connectivity index (χ3n) is 2.70. The van der Waals surface area contributed by atoms with Crippen LogP contribution in [0.25, 0.3) is 0 Å². The van der Waals surface area contributed by atoms with E-state index >= 15 is 0 Å². The van der Waals surface area contributed by atoms with Crippen molar-refractivity contribution < 1.29 is 14.8 Å². The summed E-state index contributed by atoms with van der Waals surface area (Å²) in [5.74, 6) is -0.369. The third kappa shape index (κ3) is 3.23. The summed E-state index contributed by atoms with van der Waals surface area (Å²) in [6.07, 6.45) is 0. The molecule has 6 heteroatoms. The highest BCUT2D eigenvalue weighted by Gasteiger charge is 2.12. The van der Waals surface area contributed by atoms with Crippen molar-refractivity contribution in [3.63, 3.8) is 0 Å². The van der Waals surface area contributed by atoms with Gasteiger partial charge in [0.05, 0.1) is 11.6 Å². The van der Waals surface area contributed by atoms with Crippen LogP contribution in [0.15, 0.2) is 48.5 Å². The van der Waals surface area contributed by atoms with Crippen LogP contribution in [0.3, 0.4) is 0 Å². The normalized spacial score (nSPS) is 9.65. The van der Waals surface area contributed by atoms with E-state index in [1.807, 2.05) is 6.07 Å². The largest absolute Gasteiger partial charge is 0.488 e. The molecule has 2 rings (SSSR count). The van der Waals surface area contributed by atoms with E-state index in [2.05, 4.69) is 5.32 Å². The second kappa shape index (κ2) is 6.02. The fourth-order valence-corrected chi connectivity index (χ4v) is 1.71. The van der Waals surface area contributed by atoms with Gasteiger partial charge in [0.2, 0.25) is 0 Å². The summed E-state index contributed by atoms with van der Waals surface area (Å²) in [4.78, 5) is 12.0. The molecule has 0 heterocycles. The number of nitrogens with one attached hydrogen (secondary N) is 1. The Hall–Kier alpha value is -2.62. The number of rotatable bonds is 3. The van der Waals surface area contributed by atoms with Crippen molar-refractivity contribution in [3.05, 3.63) is 59.7 Å². The van der Waals surface area contributed by atoms with E-state index in [0.717, 1.165) is 0 Å². The minimum absolute atomic E-state index is 0.286. The first-order chi connectivity index (χ1) is 9.60. The molecule has 98 valence electrons. The van der Waals surface area contributed by atoms with Gasteiger partial charge >= 0.3 is 7.12 Å². The van der Waals surface area contributed by atoms with Crippen molar-refractivity contribution in [2.75, 3.05) is 5.32 Å². The summed E-state index contributed by atoms with van der Waals surface area (Å²) < 4.78 is 0. The summed E-state index contributed by atoms with van der Waals surface area (Å²) in [5.41, 5.74) is 1.49. The zero-order valence-electron chi connectivity index (χ0n) is 10.4. The van der Waals surface area contributed by atoms with Gasteiger partial charge in [-0.05, 0) is 35.8 Å². The average Bonchev–Trinajstić information content (AvgIpc) is 2.47. The predicted octanol–water partition coefficient (Wildman–Crippen LogP) is 0.490. The van der Waals surface area contributed by atoms with Crippen LogP contribution in [-0.2, 0) is 0 Å². The van der Waals surface area contributed by atoms with Crippen molar-refractivity contribution in [1.29, 1.82) is 5.26 Å². The maximum atomic E-state index is 12.0. The molecule has 0 fully saturated rings. The quantitative estimate of drug-likeness (QED) is 0.705. The second-order valence-corrected chi connectivity index (χ2v) is 4.15. The van der Waals surface area contributed by atoms with Crippen molar-refractivity contribution >= 4 is 24.2 Å². The summed E-state index contributed by atoms with van der Waals surface area (Å²) in [6.45, 7) is 0. The highest BCUT2D eigenvalue weighted by atomic mass is 16.4. The van der Waals surface area contributed by atoms with Crippen molar-refractivity contribution in [2.24, 2.45) is 0 Å². The monoisotopic (exact) mass is 266 g/mol. The standard InChI is InChI=1S/C14H11BN2O3/c16-9-10-3-1-4-11(7-10)14(18)17-13-6-2-5-12(8-13)15(19)20/h1-8,19-20H,(H,17,18). The predicted molar refractivity (Wildman–Crippen MR) is 75.4 cm³/mol. The number of anilines is 1. The lowest BCUT2D eigenvalue weighted by Gasteiger charge is -2.07. The van der Waals surface area contributed by atoms with Crippen LogP contribution >= 0.6 is 0 Å². The molecule has 0 saturated heterocycles. The van der Waals surface area contributed by atoms with Gasteiger partial charge in [0.25, 0.3) is 5.91 Å². The number of hydrogen-bond acceptors (Lipinski definition) is 4. The number of carbonyl (C=O) groups is 1. The number of carbonyl (C=O) groups excluding carboxylic acids is 1. The maximum Gasteiger partial charge on any atom is 0.488 e. The van der Waals surface area contributed by atoms with Gasteiger partial charge in [-0.2, -0.15) is 5.26 Å². The maximum absolute atomic E-state index is 12.0. The van der Waals surface area contributed by atoms with Crippen LogP contribution in [0.2, 0.25) is 0 Å². The van der Waals surface area contributed by atoms with Crippen LogP contribution in [0, 0.1) is 11.3 Å². The molecule has 0 aliphatic rings. The SMILES string of the molecule is N#Cc1cccc(C(=O)Nc2cccc(B(O)O)c2)c1. The summed E-state index contributed by atoms with van der Waals surface area (Å²) in [5, 5.41) is 29.6. The molecular formula is C14H11BN2O3. The molecule has 0 aliphatic carbocycles. The lowest BCUT2D eigenvalue weighted by molar-refractivity contribution is 0.102. The van der Waals surface area contributed by atoms with Crippen molar-refractivity contribution in [2.45, 2.75) is 0 Å². The molecule has 0 radical (unpaired) electrons. The van der Waals surface area contributed by atoms with E-state index in [1.54, 1.807) is 30.3 Å². The molecule has 0 bridgehead atoms. The zero-order chi connectivity index (χ0) is 14.5. The van der Waals surface area contributed by atoms with E-state index in [1.165, 1.54) is 18.2 Å². The van der Waals surface area contributed by atoms with E-state index < -0.39 is 7.12 Å². The smallest absolute Gasteiger partial charge is 0.423 e. The van der Waals surface area contributed by atoms with Gasteiger partial charge in [-0.1, -0.05) is 18.2 Å². The minimum Gasteiger partial charge on any atom is -0.423 e. The Morgan fingerprint density at radius 1 is 1.15 bits per heavy atom. The van der Waals surface area contributed by atoms with E-state index in [-0.39, 0.29) is 11.4 Å². The molecule has 2 aromatic rings. The third-order valence-corrected chi connectivity index (χ3v) is 2.70. The van der Waals surface area contributed by atoms with Gasteiger partial charge in [0.15, 0.2) is 0 Å². The average molecular weight is 266 g/mol. The Kier molecular flexibility index (Phi) is 4.16. The summed E-state index contributed by atoms with van der Waals surface area (Å²) in [6, 6.07) is 14.5. The minimum atomic E-state index is -1.59. The Balaban J connectivity index is 2.19. The van der Waals surface area contributed by atoms with Crippen LogP contribution in [0.4, 0.5) is 5.69 Å². The fraction of sp³-hybridized carbons (Fsp3) is 0. The molecule has 0 saturated carbocycles. The lowest BCUT2D eigenvalue weighted by atomic mass is 9.80. The lowest BCUT2D eigenvalue weighted by Crippen LogP contribution is -2.30. The van der Waals surface area contributed by atoms with Gasteiger partial charge in [0.1, 0.15) is 0 Å². The molecule has 0 spiro atoms. The molecule has 0 atom stereocenters. The molecular weight excluding hydrogens is 255 g/mol. The Morgan fingerprint density at radius 2 is 1.90 bits per heavy atom. The number of hydrogen-bond donors (Lipinski definition) is 3. The van der Waals surface area contributed by atoms with Crippen LogP contribution in [0.1, 0.15) is 15.9 Å². The molecule has 0 unspecified atom stereocenters. The van der Waals surface area contributed by atoms with Crippen molar-refractivity contribution in [1.82, 2.24) is 0 Å². The van der Waals surface area contributed by atoms with Gasteiger partial charge in [-0.3, -0.25) is 4.79 Å². The summed E-state index contributed by atoms with van der Waals surface area (Å²) in [7, 11) is -1.59. The molecule has 1 amide bonds. The van der Waals surface area contributed by atoms with Crippen LogP contribution < -0.4 is 10.8 Å². The van der Waals surface area contributed by atoms with Crippen LogP contribution in [0.5, 0.6) is 0 Å². The molecule has 20 heavy (non-hydrogen) atoms. The number of amides is 1. The Bertz CT molecular complexity index is 680. The highest BCUT2D eigenvalue weighted by molar-refractivity contribution is 6.58. The highest BCUT2D eigenvalue weighted by Crippen LogP contribution is 2.09. The second-order valence-electron chi connectivity index (χ2n) is 4.15. The van der Waals surface area contributed by atoms with Gasteiger partial charge < -0.3 is 15.4 Å². The summed E-state index contributed by atoms with van der Waals surface area (Å²) >= 11 is 0. The van der Waals surface area contributed by atoms with E-state index in [9.17, 15) is 4.79 Å². The molecule has 3 N–H and O–H groups in total. The topological polar surface area (TPSA) is 93.4 Å². The van der Waals surface area contributed by atoms with E-state index in [0.29, 0.717) is 16.8 Å². The van der Waals surface area contributed by atoms with Crippen molar-refractivity contribution in [3.8, 4) is 6.07 Å². The van der Waals surface area contributed by atoms with Crippen LogP contribution in [-0.4, -0.2) is 23.1 Å². The molecule has 0 aliphatic heterocycles. The zero-order valence-corrected chi connectivity index (χ0v) is 10.4.